The van der Waals surface area contributed by atoms with Crippen LogP contribution >= 0.6 is 11.3 Å². The molecule has 4 heteroatoms. The zero-order valence-corrected chi connectivity index (χ0v) is 11.5. The number of benzene rings is 1. The number of carboxylic acids is 1. The van der Waals surface area contributed by atoms with Crippen molar-refractivity contribution in [3.8, 4) is 0 Å². The fraction of sp³-hybridized carbons (Fsp3) is 0.200. The average Bonchev–Trinajstić information content (AvgIpc) is 2.83. The SMILES string of the molecule is Cc1ccc(C(=O)c2ccccc2C(C)C(=O)O)s1. The lowest BCUT2D eigenvalue weighted by atomic mass is 9.93. The normalized spacial score (nSPS) is 12.1. The van der Waals surface area contributed by atoms with Crippen molar-refractivity contribution in [1.29, 1.82) is 0 Å². The molecule has 0 saturated carbocycles. The standard InChI is InChI=1S/C15H14O3S/c1-9-7-8-13(19-9)14(16)12-6-4-3-5-11(12)10(2)15(17)18/h3-8,10H,1-2H3,(H,17,18). The third kappa shape index (κ3) is 2.74. The first-order chi connectivity index (χ1) is 9.00. The van der Waals surface area contributed by atoms with Crippen LogP contribution in [0.2, 0.25) is 0 Å². The van der Waals surface area contributed by atoms with Crippen LogP contribution in [0, 0.1) is 6.92 Å². The van der Waals surface area contributed by atoms with Crippen molar-refractivity contribution in [2.45, 2.75) is 19.8 Å². The number of aryl methyl sites for hydroxylation is 1. The van der Waals surface area contributed by atoms with Crippen molar-refractivity contribution in [2.75, 3.05) is 0 Å². The molecule has 0 fully saturated rings. The summed E-state index contributed by atoms with van der Waals surface area (Å²) >= 11 is 1.42. The summed E-state index contributed by atoms with van der Waals surface area (Å²) in [7, 11) is 0. The maximum absolute atomic E-state index is 12.4. The Balaban J connectivity index is 2.45. The highest BCUT2D eigenvalue weighted by Crippen LogP contribution is 2.25. The fourth-order valence-electron chi connectivity index (χ4n) is 1.90. The van der Waals surface area contributed by atoms with Gasteiger partial charge in [-0.05, 0) is 31.5 Å². The summed E-state index contributed by atoms with van der Waals surface area (Å²) in [5, 5.41) is 9.11. The largest absolute Gasteiger partial charge is 0.481 e. The third-order valence-electron chi connectivity index (χ3n) is 3.01. The maximum Gasteiger partial charge on any atom is 0.310 e. The maximum atomic E-state index is 12.4. The van der Waals surface area contributed by atoms with Crippen molar-refractivity contribution in [1.82, 2.24) is 0 Å². The molecule has 1 atom stereocenters. The van der Waals surface area contributed by atoms with Crippen LogP contribution in [0.25, 0.3) is 0 Å². The molecule has 1 heterocycles. The number of aliphatic carboxylic acids is 1. The highest BCUT2D eigenvalue weighted by molar-refractivity contribution is 7.14. The van der Waals surface area contributed by atoms with Crippen LogP contribution in [0.1, 0.15) is 38.5 Å². The minimum atomic E-state index is -0.928. The summed E-state index contributed by atoms with van der Waals surface area (Å²) in [5.74, 6) is -1.73. The highest BCUT2D eigenvalue weighted by atomic mass is 32.1. The first-order valence-electron chi connectivity index (χ1n) is 5.93. The smallest absolute Gasteiger partial charge is 0.310 e. The first-order valence-corrected chi connectivity index (χ1v) is 6.75. The Morgan fingerprint density at radius 3 is 2.42 bits per heavy atom. The third-order valence-corrected chi connectivity index (χ3v) is 4.01. The minimum Gasteiger partial charge on any atom is -0.481 e. The number of carbonyl (C=O) groups is 2. The summed E-state index contributed by atoms with van der Waals surface area (Å²) in [6.07, 6.45) is 0. The van der Waals surface area contributed by atoms with Crippen LogP contribution in [0.4, 0.5) is 0 Å². The van der Waals surface area contributed by atoms with Gasteiger partial charge in [0.25, 0.3) is 0 Å². The number of thiophene rings is 1. The molecule has 0 aliphatic heterocycles. The van der Waals surface area contributed by atoms with Gasteiger partial charge in [0.2, 0.25) is 5.78 Å². The molecule has 0 aliphatic carbocycles. The quantitative estimate of drug-likeness (QED) is 0.868. The summed E-state index contributed by atoms with van der Waals surface area (Å²) in [6.45, 7) is 3.53. The van der Waals surface area contributed by atoms with E-state index in [0.29, 0.717) is 16.0 Å². The van der Waals surface area contributed by atoms with E-state index >= 15 is 0 Å². The molecule has 19 heavy (non-hydrogen) atoms. The molecule has 1 unspecified atom stereocenters. The number of rotatable bonds is 4. The number of hydrogen-bond acceptors (Lipinski definition) is 3. The van der Waals surface area contributed by atoms with Crippen LogP contribution in [0.3, 0.4) is 0 Å². The first kappa shape index (κ1) is 13.5. The zero-order chi connectivity index (χ0) is 14.0. The Hall–Kier alpha value is -1.94. The van der Waals surface area contributed by atoms with Crippen molar-refractivity contribution < 1.29 is 14.7 Å². The average molecular weight is 274 g/mol. The monoisotopic (exact) mass is 274 g/mol. The molecule has 1 aromatic heterocycles. The molecular formula is C15H14O3S. The molecule has 2 aromatic rings. The van der Waals surface area contributed by atoms with Gasteiger partial charge in [-0.25, -0.2) is 0 Å². The second-order valence-corrected chi connectivity index (χ2v) is 5.67. The van der Waals surface area contributed by atoms with Gasteiger partial charge in [-0.15, -0.1) is 11.3 Å². The van der Waals surface area contributed by atoms with Gasteiger partial charge in [-0.3, -0.25) is 9.59 Å². The van der Waals surface area contributed by atoms with Crippen molar-refractivity contribution >= 4 is 23.1 Å². The van der Waals surface area contributed by atoms with Crippen molar-refractivity contribution in [3.05, 3.63) is 57.3 Å². The van der Waals surface area contributed by atoms with E-state index in [1.165, 1.54) is 11.3 Å². The van der Waals surface area contributed by atoms with E-state index in [1.54, 1.807) is 37.3 Å². The van der Waals surface area contributed by atoms with E-state index < -0.39 is 11.9 Å². The molecule has 3 nitrogen and oxygen atoms in total. The molecule has 0 bridgehead atoms. The predicted octanol–water partition coefficient (Wildman–Crippen LogP) is 3.48. The Bertz CT molecular complexity index is 628. The Morgan fingerprint density at radius 2 is 1.84 bits per heavy atom. The van der Waals surface area contributed by atoms with E-state index in [9.17, 15) is 9.59 Å². The predicted molar refractivity (Wildman–Crippen MR) is 75.0 cm³/mol. The van der Waals surface area contributed by atoms with Crippen LogP contribution in [0.15, 0.2) is 36.4 Å². The molecule has 1 aromatic carbocycles. The second-order valence-electron chi connectivity index (χ2n) is 4.39. The second kappa shape index (κ2) is 5.36. The lowest BCUT2D eigenvalue weighted by molar-refractivity contribution is -0.138. The van der Waals surface area contributed by atoms with E-state index in [0.717, 1.165) is 4.88 Å². The molecule has 0 aliphatic rings. The summed E-state index contributed by atoms with van der Waals surface area (Å²) in [4.78, 5) is 25.2. The van der Waals surface area contributed by atoms with Gasteiger partial charge in [-0.1, -0.05) is 24.3 Å². The van der Waals surface area contributed by atoms with E-state index in [1.807, 2.05) is 13.0 Å². The molecule has 0 radical (unpaired) electrons. The molecular weight excluding hydrogens is 260 g/mol. The highest BCUT2D eigenvalue weighted by Gasteiger charge is 2.21. The number of carbonyl (C=O) groups excluding carboxylic acids is 1. The lowest BCUT2D eigenvalue weighted by Gasteiger charge is -2.11. The lowest BCUT2D eigenvalue weighted by Crippen LogP contribution is -2.12. The van der Waals surface area contributed by atoms with Gasteiger partial charge in [0.05, 0.1) is 10.8 Å². The fourth-order valence-corrected chi connectivity index (χ4v) is 2.73. The van der Waals surface area contributed by atoms with E-state index in [-0.39, 0.29) is 5.78 Å². The number of carboxylic acid groups (broad SMARTS) is 1. The molecule has 0 saturated heterocycles. The van der Waals surface area contributed by atoms with E-state index in [2.05, 4.69) is 0 Å². The Labute approximate surface area is 115 Å². The van der Waals surface area contributed by atoms with E-state index in [4.69, 9.17) is 5.11 Å². The van der Waals surface area contributed by atoms with Crippen molar-refractivity contribution in [2.24, 2.45) is 0 Å². The van der Waals surface area contributed by atoms with Crippen LogP contribution in [0.5, 0.6) is 0 Å². The van der Waals surface area contributed by atoms with Crippen LogP contribution in [-0.2, 0) is 4.79 Å². The number of ketones is 1. The van der Waals surface area contributed by atoms with Gasteiger partial charge in [0.1, 0.15) is 0 Å². The van der Waals surface area contributed by atoms with Gasteiger partial charge in [-0.2, -0.15) is 0 Å². The molecule has 0 amide bonds. The minimum absolute atomic E-state index is 0.109. The van der Waals surface area contributed by atoms with Gasteiger partial charge in [0.15, 0.2) is 0 Å². The van der Waals surface area contributed by atoms with Gasteiger partial charge in [0, 0.05) is 10.4 Å². The zero-order valence-electron chi connectivity index (χ0n) is 10.7. The van der Waals surface area contributed by atoms with Crippen molar-refractivity contribution in [3.63, 3.8) is 0 Å². The Kier molecular flexibility index (Phi) is 3.81. The van der Waals surface area contributed by atoms with Gasteiger partial charge < -0.3 is 5.11 Å². The summed E-state index contributed by atoms with van der Waals surface area (Å²) < 4.78 is 0. The summed E-state index contributed by atoms with van der Waals surface area (Å²) in [5.41, 5.74) is 1.03. The molecule has 2 rings (SSSR count). The topological polar surface area (TPSA) is 54.4 Å². The Morgan fingerprint density at radius 1 is 1.16 bits per heavy atom. The van der Waals surface area contributed by atoms with Gasteiger partial charge >= 0.3 is 5.97 Å². The molecule has 98 valence electrons. The van der Waals surface area contributed by atoms with Crippen LogP contribution < -0.4 is 0 Å². The number of hydrogen-bond donors (Lipinski definition) is 1. The van der Waals surface area contributed by atoms with Crippen LogP contribution in [-0.4, -0.2) is 16.9 Å². The molecule has 1 N–H and O–H groups in total. The summed E-state index contributed by atoms with van der Waals surface area (Å²) in [6, 6.07) is 10.6. The molecule has 0 spiro atoms.